The summed E-state index contributed by atoms with van der Waals surface area (Å²) in [5, 5.41) is 7.58. The Morgan fingerprint density at radius 2 is 1.95 bits per heavy atom. The van der Waals surface area contributed by atoms with E-state index in [9.17, 15) is 18.4 Å². The number of rotatable bonds is 13. The van der Waals surface area contributed by atoms with Crippen molar-refractivity contribution < 1.29 is 23.1 Å². The topological polar surface area (TPSA) is 85.3 Å². The molecule has 0 aliphatic carbocycles. The van der Waals surface area contributed by atoms with Crippen LogP contribution in [0.5, 0.6) is 0 Å². The molecule has 212 valence electrons. The van der Waals surface area contributed by atoms with E-state index in [0.717, 1.165) is 11.1 Å². The van der Waals surface area contributed by atoms with Crippen LogP contribution in [0.2, 0.25) is 0 Å². The average Bonchev–Trinajstić information content (AvgIpc) is 3.57. The molecule has 0 saturated carbocycles. The highest BCUT2D eigenvalue weighted by molar-refractivity contribution is 7.14. The van der Waals surface area contributed by atoms with Crippen LogP contribution in [0.4, 0.5) is 13.9 Å². The number of halogens is 2. The third-order valence-corrected chi connectivity index (χ3v) is 7.16. The number of nitrogens with one attached hydrogen (secondary N) is 2. The number of nitrogens with zero attached hydrogens (tertiary/aromatic N) is 2. The second-order valence-electron chi connectivity index (χ2n) is 10.6. The zero-order chi connectivity index (χ0) is 28.6. The molecule has 0 aliphatic heterocycles. The molecular formula is C29H38F2N4O3S. The van der Waals surface area contributed by atoms with Crippen LogP contribution < -0.4 is 10.6 Å². The van der Waals surface area contributed by atoms with Crippen LogP contribution in [0.3, 0.4) is 0 Å². The van der Waals surface area contributed by atoms with Gasteiger partial charge in [-0.25, -0.2) is 13.8 Å². The number of ether oxygens (including phenoxy) is 1. The van der Waals surface area contributed by atoms with E-state index in [-0.39, 0.29) is 43.5 Å². The first-order chi connectivity index (χ1) is 18.4. The molecule has 0 radical (unpaired) electrons. The van der Waals surface area contributed by atoms with Crippen LogP contribution in [0, 0.1) is 5.92 Å². The lowest BCUT2D eigenvalue weighted by atomic mass is 9.95. The van der Waals surface area contributed by atoms with Gasteiger partial charge in [0.2, 0.25) is 5.91 Å². The monoisotopic (exact) mass is 560 g/mol. The molecule has 10 heteroatoms. The molecule has 2 N–H and O–H groups in total. The SMILES string of the molecule is CCCC(COCc1cccc(-c2csc(NC(=O)CNC(=O)c3ccn(C(C)(C)C)c3)n2)c1)C(F)(F)CC. The van der Waals surface area contributed by atoms with E-state index in [0.29, 0.717) is 29.2 Å². The minimum atomic E-state index is -2.74. The number of carbonyl (C=O) groups excluding carboxylic acids is 2. The second-order valence-corrected chi connectivity index (χ2v) is 11.4. The van der Waals surface area contributed by atoms with Gasteiger partial charge in [-0.05, 0) is 44.9 Å². The van der Waals surface area contributed by atoms with E-state index >= 15 is 0 Å². The third-order valence-electron chi connectivity index (χ3n) is 6.41. The summed E-state index contributed by atoms with van der Waals surface area (Å²) in [5.74, 6) is -4.24. The molecule has 7 nitrogen and oxygen atoms in total. The first kappa shape index (κ1) is 30.4. The maximum atomic E-state index is 14.2. The molecule has 2 aromatic heterocycles. The Hall–Kier alpha value is -3.11. The van der Waals surface area contributed by atoms with Crippen LogP contribution in [0.25, 0.3) is 11.3 Å². The Labute approximate surface area is 233 Å². The summed E-state index contributed by atoms with van der Waals surface area (Å²) < 4.78 is 36.0. The maximum absolute atomic E-state index is 14.2. The van der Waals surface area contributed by atoms with Gasteiger partial charge in [-0.1, -0.05) is 38.5 Å². The van der Waals surface area contributed by atoms with E-state index in [1.807, 2.05) is 68.1 Å². The van der Waals surface area contributed by atoms with Crippen molar-refractivity contribution in [2.75, 3.05) is 18.5 Å². The number of thiazole rings is 1. The average molecular weight is 561 g/mol. The lowest BCUT2D eigenvalue weighted by molar-refractivity contribution is -0.115. The molecule has 3 aromatic rings. The van der Waals surface area contributed by atoms with Gasteiger partial charge in [-0.2, -0.15) is 0 Å². The predicted octanol–water partition coefficient (Wildman–Crippen LogP) is 6.71. The summed E-state index contributed by atoms with van der Waals surface area (Å²) in [6.07, 6.45) is 4.49. The van der Waals surface area contributed by atoms with Crippen LogP contribution in [0.15, 0.2) is 48.1 Å². The summed E-state index contributed by atoms with van der Waals surface area (Å²) in [5.41, 5.74) is 2.69. The Morgan fingerprint density at radius 3 is 2.62 bits per heavy atom. The van der Waals surface area contributed by atoms with Crippen molar-refractivity contribution in [1.82, 2.24) is 14.9 Å². The highest BCUT2D eigenvalue weighted by Gasteiger charge is 2.36. The van der Waals surface area contributed by atoms with Crippen molar-refractivity contribution in [1.29, 1.82) is 0 Å². The summed E-state index contributed by atoms with van der Waals surface area (Å²) in [4.78, 5) is 29.3. The van der Waals surface area contributed by atoms with Gasteiger partial charge < -0.3 is 19.9 Å². The molecule has 2 amide bonds. The second kappa shape index (κ2) is 13.3. The van der Waals surface area contributed by atoms with E-state index < -0.39 is 11.8 Å². The number of anilines is 1. The number of hydrogen-bond acceptors (Lipinski definition) is 5. The normalized spacial score (nSPS) is 12.8. The Morgan fingerprint density at radius 1 is 1.18 bits per heavy atom. The summed E-state index contributed by atoms with van der Waals surface area (Å²) in [6, 6.07) is 9.24. The van der Waals surface area contributed by atoms with Crippen LogP contribution >= 0.6 is 11.3 Å². The molecule has 0 spiro atoms. The Balaban J connectivity index is 1.52. The first-order valence-electron chi connectivity index (χ1n) is 13.2. The van der Waals surface area contributed by atoms with Gasteiger partial charge in [0.1, 0.15) is 0 Å². The van der Waals surface area contributed by atoms with Crippen molar-refractivity contribution in [2.24, 2.45) is 5.92 Å². The summed E-state index contributed by atoms with van der Waals surface area (Å²) in [7, 11) is 0. The van der Waals surface area contributed by atoms with Gasteiger partial charge in [0, 0.05) is 41.2 Å². The zero-order valence-electron chi connectivity index (χ0n) is 23.2. The van der Waals surface area contributed by atoms with Gasteiger partial charge in [0.15, 0.2) is 5.13 Å². The largest absolute Gasteiger partial charge is 0.376 e. The number of alkyl halides is 2. The van der Waals surface area contributed by atoms with E-state index in [1.54, 1.807) is 12.3 Å². The van der Waals surface area contributed by atoms with E-state index in [2.05, 4.69) is 15.6 Å². The van der Waals surface area contributed by atoms with Crippen LogP contribution in [-0.4, -0.2) is 40.4 Å². The number of hydrogen-bond donors (Lipinski definition) is 2. The van der Waals surface area contributed by atoms with Gasteiger partial charge >= 0.3 is 0 Å². The molecular weight excluding hydrogens is 522 g/mol. The van der Waals surface area contributed by atoms with Crippen molar-refractivity contribution in [3.05, 3.63) is 59.2 Å². The lowest BCUT2D eigenvalue weighted by Gasteiger charge is -2.25. The number of amides is 2. The molecule has 39 heavy (non-hydrogen) atoms. The third kappa shape index (κ3) is 8.69. The number of carbonyl (C=O) groups is 2. The molecule has 2 heterocycles. The van der Waals surface area contributed by atoms with Crippen molar-refractivity contribution in [3.8, 4) is 11.3 Å². The van der Waals surface area contributed by atoms with Gasteiger partial charge in [0.25, 0.3) is 11.8 Å². The van der Waals surface area contributed by atoms with Crippen molar-refractivity contribution in [2.45, 2.75) is 71.9 Å². The quantitative estimate of drug-likeness (QED) is 0.243. The molecule has 0 bridgehead atoms. The number of aromatic nitrogens is 2. The predicted molar refractivity (Wildman–Crippen MR) is 151 cm³/mol. The molecule has 3 rings (SSSR count). The smallest absolute Gasteiger partial charge is 0.253 e. The molecule has 1 aromatic carbocycles. The Kier molecular flexibility index (Phi) is 10.4. The highest BCUT2D eigenvalue weighted by atomic mass is 32.1. The standard InChI is InChI=1S/C29H38F2N4O3S/c1-6-9-23(29(30,31)7-2)18-38-17-20-10-8-11-21(14-20)24-19-39-27(33-24)34-25(36)15-32-26(37)22-12-13-35(16-22)28(3,4)5/h8,10-14,16,19,23H,6-7,9,15,17-18H2,1-5H3,(H,32,37)(H,33,34,36). The minimum absolute atomic E-state index is 0.00471. The molecule has 0 saturated heterocycles. The number of benzene rings is 1. The fraction of sp³-hybridized carbons (Fsp3) is 0.483. The molecule has 1 atom stereocenters. The minimum Gasteiger partial charge on any atom is -0.376 e. The highest BCUT2D eigenvalue weighted by Crippen LogP contribution is 2.32. The molecule has 1 unspecified atom stereocenters. The fourth-order valence-electron chi connectivity index (χ4n) is 4.03. The van der Waals surface area contributed by atoms with Gasteiger partial charge in [-0.3, -0.25) is 9.59 Å². The van der Waals surface area contributed by atoms with Gasteiger partial charge in [-0.15, -0.1) is 11.3 Å². The Bertz CT molecular complexity index is 1250. The summed E-state index contributed by atoms with van der Waals surface area (Å²) >= 11 is 1.27. The summed E-state index contributed by atoms with van der Waals surface area (Å²) in [6.45, 7) is 9.55. The van der Waals surface area contributed by atoms with Gasteiger partial charge in [0.05, 0.1) is 31.0 Å². The zero-order valence-corrected chi connectivity index (χ0v) is 24.0. The van der Waals surface area contributed by atoms with E-state index in [1.165, 1.54) is 18.3 Å². The fourth-order valence-corrected chi connectivity index (χ4v) is 4.77. The van der Waals surface area contributed by atoms with Crippen LogP contribution in [-0.2, 0) is 21.7 Å². The molecule has 0 aliphatic rings. The van der Waals surface area contributed by atoms with Crippen molar-refractivity contribution in [3.63, 3.8) is 0 Å². The first-order valence-corrected chi connectivity index (χ1v) is 14.1. The van der Waals surface area contributed by atoms with Crippen LogP contribution in [0.1, 0.15) is 69.8 Å². The maximum Gasteiger partial charge on any atom is 0.253 e. The van der Waals surface area contributed by atoms with Crippen molar-refractivity contribution >= 4 is 28.3 Å². The van der Waals surface area contributed by atoms with E-state index in [4.69, 9.17) is 4.74 Å². The molecule has 0 fully saturated rings. The lowest BCUT2D eigenvalue weighted by Crippen LogP contribution is -2.32.